The van der Waals surface area contributed by atoms with Crippen LogP contribution in [0.15, 0.2) is 28.7 Å². The Hall–Kier alpha value is -1.36. The first-order chi connectivity index (χ1) is 9.40. The number of aliphatic carboxylic acids is 1. The molecule has 0 saturated heterocycles. The van der Waals surface area contributed by atoms with Crippen molar-refractivity contribution in [3.05, 3.63) is 34.3 Å². The van der Waals surface area contributed by atoms with Crippen LogP contribution in [0.5, 0.6) is 0 Å². The zero-order valence-corrected chi connectivity index (χ0v) is 13.1. The van der Waals surface area contributed by atoms with Gasteiger partial charge in [0.2, 0.25) is 5.91 Å². The topological polar surface area (TPSA) is 57.6 Å². The van der Waals surface area contributed by atoms with Crippen LogP contribution < -0.4 is 0 Å². The van der Waals surface area contributed by atoms with Crippen LogP contribution in [-0.4, -0.2) is 35.5 Å². The number of rotatable bonds is 5. The molecule has 4 nitrogen and oxygen atoms in total. The van der Waals surface area contributed by atoms with Gasteiger partial charge in [-0.25, -0.2) is 0 Å². The molecule has 2 rings (SSSR count). The van der Waals surface area contributed by atoms with Gasteiger partial charge in [0, 0.05) is 24.0 Å². The van der Waals surface area contributed by atoms with Gasteiger partial charge in [0.05, 0.1) is 5.92 Å². The Bertz CT molecular complexity index is 514. The van der Waals surface area contributed by atoms with Crippen molar-refractivity contribution in [2.24, 2.45) is 11.8 Å². The van der Waals surface area contributed by atoms with E-state index in [-0.39, 0.29) is 24.3 Å². The van der Waals surface area contributed by atoms with E-state index in [1.165, 1.54) is 5.56 Å². The van der Waals surface area contributed by atoms with E-state index in [9.17, 15) is 9.59 Å². The van der Waals surface area contributed by atoms with Gasteiger partial charge in [0.15, 0.2) is 0 Å². The number of carboxylic acids is 1. The van der Waals surface area contributed by atoms with Crippen molar-refractivity contribution in [3.63, 3.8) is 0 Å². The van der Waals surface area contributed by atoms with Crippen LogP contribution in [0.4, 0.5) is 0 Å². The molecule has 1 fully saturated rings. The van der Waals surface area contributed by atoms with Crippen LogP contribution >= 0.6 is 15.9 Å². The van der Waals surface area contributed by atoms with Crippen LogP contribution in [0.3, 0.4) is 0 Å². The van der Waals surface area contributed by atoms with Crippen LogP contribution in [0.2, 0.25) is 0 Å². The number of amides is 1. The summed E-state index contributed by atoms with van der Waals surface area (Å²) < 4.78 is 1.03. The van der Waals surface area contributed by atoms with Crippen LogP contribution in [-0.2, 0) is 9.59 Å². The average molecular weight is 340 g/mol. The lowest BCUT2D eigenvalue weighted by atomic mass is 10.1. The molecule has 0 radical (unpaired) electrons. The predicted molar refractivity (Wildman–Crippen MR) is 79.4 cm³/mol. The van der Waals surface area contributed by atoms with Gasteiger partial charge in [0.1, 0.15) is 0 Å². The van der Waals surface area contributed by atoms with Gasteiger partial charge in [-0.1, -0.05) is 35.0 Å². The first kappa shape index (κ1) is 15.0. The zero-order chi connectivity index (χ0) is 14.9. The van der Waals surface area contributed by atoms with E-state index in [4.69, 9.17) is 5.11 Å². The third kappa shape index (κ3) is 3.39. The van der Waals surface area contributed by atoms with Gasteiger partial charge in [-0.2, -0.15) is 0 Å². The molecule has 3 atom stereocenters. The highest BCUT2D eigenvalue weighted by atomic mass is 79.9. The number of halogens is 1. The van der Waals surface area contributed by atoms with E-state index in [1.54, 1.807) is 18.9 Å². The molecule has 1 aliphatic rings. The van der Waals surface area contributed by atoms with E-state index in [0.717, 1.165) is 10.9 Å². The maximum atomic E-state index is 12.2. The number of carbonyl (C=O) groups is 2. The van der Waals surface area contributed by atoms with Gasteiger partial charge in [-0.15, -0.1) is 0 Å². The third-order valence-corrected chi connectivity index (χ3v) is 4.28. The van der Waals surface area contributed by atoms with Crippen LogP contribution in [0, 0.1) is 11.8 Å². The van der Waals surface area contributed by atoms with E-state index >= 15 is 0 Å². The van der Waals surface area contributed by atoms with Crippen LogP contribution in [0.25, 0.3) is 0 Å². The number of nitrogens with zero attached hydrogens (tertiary/aromatic N) is 1. The maximum absolute atomic E-state index is 12.2. The molecule has 20 heavy (non-hydrogen) atoms. The second-order valence-electron chi connectivity index (χ2n) is 5.46. The molecule has 0 spiro atoms. The fraction of sp³-hybridized carbons (Fsp3) is 0.467. The molecule has 1 saturated carbocycles. The number of carboxylic acid groups (broad SMARTS) is 1. The maximum Gasteiger partial charge on any atom is 0.308 e. The number of benzene rings is 1. The molecular weight excluding hydrogens is 322 g/mol. The molecule has 0 heterocycles. The first-order valence-electron chi connectivity index (χ1n) is 6.63. The molecule has 0 aliphatic heterocycles. The minimum atomic E-state index is -0.870. The summed E-state index contributed by atoms with van der Waals surface area (Å²) in [4.78, 5) is 24.6. The molecule has 1 aromatic rings. The molecule has 0 bridgehead atoms. The van der Waals surface area contributed by atoms with Crippen molar-refractivity contribution >= 4 is 27.8 Å². The lowest BCUT2D eigenvalue weighted by Gasteiger charge is -2.19. The van der Waals surface area contributed by atoms with E-state index in [0.29, 0.717) is 0 Å². The summed E-state index contributed by atoms with van der Waals surface area (Å²) in [6, 6.07) is 8.01. The average Bonchev–Trinajstić information content (AvgIpc) is 3.18. The Labute approximate surface area is 126 Å². The normalized spacial score (nSPS) is 22.1. The lowest BCUT2D eigenvalue weighted by molar-refractivity contribution is -0.142. The molecule has 1 N–H and O–H groups in total. The lowest BCUT2D eigenvalue weighted by Crippen LogP contribution is -2.34. The summed E-state index contributed by atoms with van der Waals surface area (Å²) in [7, 11) is 1.68. The smallest absolute Gasteiger partial charge is 0.308 e. The summed E-state index contributed by atoms with van der Waals surface area (Å²) in [5.41, 5.74) is 1.17. The molecule has 1 amide bonds. The van der Waals surface area contributed by atoms with Crippen molar-refractivity contribution in [2.75, 3.05) is 13.6 Å². The predicted octanol–water partition coefficient (Wildman–Crippen LogP) is 2.73. The number of carbonyl (C=O) groups excluding carboxylic acids is 1. The van der Waals surface area contributed by atoms with Gasteiger partial charge in [-0.05, 0) is 30.0 Å². The highest BCUT2D eigenvalue weighted by molar-refractivity contribution is 9.10. The first-order valence-corrected chi connectivity index (χ1v) is 7.42. The fourth-order valence-electron chi connectivity index (χ4n) is 2.41. The Balaban J connectivity index is 1.92. The summed E-state index contributed by atoms with van der Waals surface area (Å²) >= 11 is 3.39. The quantitative estimate of drug-likeness (QED) is 0.897. The van der Waals surface area contributed by atoms with Gasteiger partial charge in [-0.3, -0.25) is 9.59 Å². The summed E-state index contributed by atoms with van der Waals surface area (Å²) in [6.07, 6.45) is 0.853. The Morgan fingerprint density at radius 2 is 2.00 bits per heavy atom. The van der Waals surface area contributed by atoms with Crippen molar-refractivity contribution in [1.29, 1.82) is 0 Å². The molecule has 108 valence electrons. The molecule has 1 aromatic carbocycles. The minimum absolute atomic E-state index is 0.00201. The second-order valence-corrected chi connectivity index (χ2v) is 6.37. The standard InChI is InChI=1S/C15H18BrNO3/c1-9(15(19)20)8-17(2)14(18)13-7-12(13)10-3-5-11(16)6-4-10/h3-6,9,12-13H,7-8H2,1-2H3,(H,19,20). The van der Waals surface area contributed by atoms with Crippen molar-refractivity contribution < 1.29 is 14.7 Å². The molecule has 1 aliphatic carbocycles. The zero-order valence-electron chi connectivity index (χ0n) is 11.5. The molecule has 5 heteroatoms. The Morgan fingerprint density at radius 1 is 1.40 bits per heavy atom. The van der Waals surface area contributed by atoms with Gasteiger partial charge in [0.25, 0.3) is 0 Å². The van der Waals surface area contributed by atoms with E-state index in [1.807, 2.05) is 24.3 Å². The summed E-state index contributed by atoms with van der Waals surface area (Å²) in [5.74, 6) is -1.08. The summed E-state index contributed by atoms with van der Waals surface area (Å²) in [6.45, 7) is 1.88. The van der Waals surface area contributed by atoms with Crippen molar-refractivity contribution in [2.45, 2.75) is 19.3 Å². The monoisotopic (exact) mass is 339 g/mol. The van der Waals surface area contributed by atoms with Crippen LogP contribution in [0.1, 0.15) is 24.8 Å². The molecule has 3 unspecified atom stereocenters. The largest absolute Gasteiger partial charge is 0.481 e. The second kappa shape index (κ2) is 5.95. The highest BCUT2D eigenvalue weighted by Crippen LogP contribution is 2.48. The fourth-order valence-corrected chi connectivity index (χ4v) is 2.67. The molecule has 0 aromatic heterocycles. The number of hydrogen-bond acceptors (Lipinski definition) is 2. The van der Waals surface area contributed by atoms with Gasteiger partial charge < -0.3 is 10.0 Å². The molecular formula is C15H18BrNO3. The van der Waals surface area contributed by atoms with Gasteiger partial charge >= 0.3 is 5.97 Å². The van der Waals surface area contributed by atoms with Crippen molar-refractivity contribution in [1.82, 2.24) is 4.90 Å². The SMILES string of the molecule is CC(CN(C)C(=O)C1CC1c1ccc(Br)cc1)C(=O)O. The number of hydrogen-bond donors (Lipinski definition) is 1. The van der Waals surface area contributed by atoms with Crippen molar-refractivity contribution in [3.8, 4) is 0 Å². The Morgan fingerprint density at radius 3 is 2.55 bits per heavy atom. The van der Waals surface area contributed by atoms with E-state index in [2.05, 4.69) is 15.9 Å². The van der Waals surface area contributed by atoms with E-state index < -0.39 is 11.9 Å². The third-order valence-electron chi connectivity index (χ3n) is 3.75. The Kier molecular flexibility index (Phi) is 4.48. The minimum Gasteiger partial charge on any atom is -0.481 e. The highest BCUT2D eigenvalue weighted by Gasteiger charge is 2.45. The summed E-state index contributed by atoms with van der Waals surface area (Å²) in [5, 5.41) is 8.88.